The highest BCUT2D eigenvalue weighted by molar-refractivity contribution is 5.68. The molecular weight excluding hydrogens is 242 g/mol. The van der Waals surface area contributed by atoms with Crippen LogP contribution in [0.4, 0.5) is 4.79 Å². The van der Waals surface area contributed by atoms with Gasteiger partial charge in [-0.1, -0.05) is 12.2 Å². The highest BCUT2D eigenvalue weighted by Crippen LogP contribution is 2.37. The van der Waals surface area contributed by atoms with Crippen LogP contribution in [0, 0.1) is 5.92 Å². The summed E-state index contributed by atoms with van der Waals surface area (Å²) in [4.78, 5) is 11.7. The number of ether oxygens (including phenoxy) is 2. The molecule has 1 amide bonds. The van der Waals surface area contributed by atoms with Crippen molar-refractivity contribution in [3.8, 4) is 0 Å². The average Bonchev–Trinajstić information content (AvgIpc) is 2.94. The quantitative estimate of drug-likeness (QED) is 0.592. The van der Waals surface area contributed by atoms with E-state index >= 15 is 0 Å². The molecule has 0 radical (unpaired) electrons. The fourth-order valence-electron chi connectivity index (χ4n) is 1.72. The van der Waals surface area contributed by atoms with E-state index in [9.17, 15) is 4.79 Å². The van der Waals surface area contributed by atoms with E-state index in [0.29, 0.717) is 12.5 Å². The predicted molar refractivity (Wildman–Crippen MR) is 75.9 cm³/mol. The van der Waals surface area contributed by atoms with Crippen LogP contribution in [-0.4, -0.2) is 24.0 Å². The largest absolute Gasteiger partial charge is 0.444 e. The number of amides is 1. The maximum atomic E-state index is 11.7. The summed E-state index contributed by atoms with van der Waals surface area (Å²) in [5, 5.41) is 2.72. The second-order valence-electron chi connectivity index (χ2n) is 6.67. The Bertz CT molecular complexity index is 338. The second kappa shape index (κ2) is 5.95. The minimum atomic E-state index is -0.730. The zero-order chi connectivity index (χ0) is 14.7. The SMILES string of the molecule is C=C(CCOC(C)(C)NC(=O)OC(C)(C)C)C1CC1. The zero-order valence-corrected chi connectivity index (χ0v) is 12.8. The van der Waals surface area contributed by atoms with Crippen molar-refractivity contribution in [2.24, 2.45) is 5.92 Å². The van der Waals surface area contributed by atoms with E-state index in [4.69, 9.17) is 9.47 Å². The van der Waals surface area contributed by atoms with Gasteiger partial charge in [0, 0.05) is 0 Å². The third-order valence-corrected chi connectivity index (χ3v) is 2.84. The summed E-state index contributed by atoms with van der Waals surface area (Å²) in [6.45, 7) is 13.8. The number of carbonyl (C=O) groups is 1. The van der Waals surface area contributed by atoms with E-state index in [1.807, 2.05) is 34.6 Å². The lowest BCUT2D eigenvalue weighted by molar-refractivity contribution is -0.0471. The lowest BCUT2D eigenvalue weighted by Gasteiger charge is -2.29. The molecule has 0 saturated heterocycles. The molecule has 0 heterocycles. The van der Waals surface area contributed by atoms with Crippen LogP contribution in [0.25, 0.3) is 0 Å². The van der Waals surface area contributed by atoms with E-state index in [0.717, 1.165) is 6.42 Å². The lowest BCUT2D eigenvalue weighted by atomic mass is 10.1. The topological polar surface area (TPSA) is 47.6 Å². The molecule has 0 aromatic heterocycles. The Kier molecular flexibility index (Phi) is 5.02. The molecule has 1 rings (SSSR count). The molecule has 4 heteroatoms. The van der Waals surface area contributed by atoms with Crippen molar-refractivity contribution >= 4 is 6.09 Å². The van der Waals surface area contributed by atoms with Crippen molar-refractivity contribution in [3.05, 3.63) is 12.2 Å². The minimum absolute atomic E-state index is 0.460. The molecule has 0 aromatic rings. The molecule has 1 N–H and O–H groups in total. The molecule has 0 spiro atoms. The van der Waals surface area contributed by atoms with E-state index in [2.05, 4.69) is 11.9 Å². The van der Waals surface area contributed by atoms with E-state index in [-0.39, 0.29) is 0 Å². The number of rotatable bonds is 6. The molecule has 1 aliphatic carbocycles. The number of hydrogen-bond donors (Lipinski definition) is 1. The Morgan fingerprint density at radius 1 is 1.26 bits per heavy atom. The van der Waals surface area contributed by atoms with E-state index in [1.54, 1.807) is 0 Å². The van der Waals surface area contributed by atoms with Crippen molar-refractivity contribution in [2.45, 2.75) is 65.2 Å². The van der Waals surface area contributed by atoms with E-state index < -0.39 is 17.4 Å². The van der Waals surface area contributed by atoms with Crippen molar-refractivity contribution in [3.63, 3.8) is 0 Å². The van der Waals surface area contributed by atoms with Crippen LogP contribution < -0.4 is 5.32 Å². The van der Waals surface area contributed by atoms with Crippen LogP contribution in [0.15, 0.2) is 12.2 Å². The number of alkyl carbamates (subject to hydrolysis) is 1. The highest BCUT2D eigenvalue weighted by atomic mass is 16.6. The molecule has 1 saturated carbocycles. The summed E-state index contributed by atoms with van der Waals surface area (Å²) in [6.07, 6.45) is 2.92. The number of hydrogen-bond acceptors (Lipinski definition) is 3. The van der Waals surface area contributed by atoms with Crippen molar-refractivity contribution < 1.29 is 14.3 Å². The van der Waals surface area contributed by atoms with Gasteiger partial charge in [-0.05, 0) is 59.8 Å². The number of carbonyl (C=O) groups excluding carboxylic acids is 1. The third kappa shape index (κ3) is 7.21. The van der Waals surface area contributed by atoms with Gasteiger partial charge in [0.1, 0.15) is 11.3 Å². The first-order valence-electron chi connectivity index (χ1n) is 6.92. The average molecular weight is 269 g/mol. The van der Waals surface area contributed by atoms with Gasteiger partial charge in [0.15, 0.2) is 0 Å². The van der Waals surface area contributed by atoms with Gasteiger partial charge in [-0.25, -0.2) is 4.79 Å². The molecule has 0 aromatic carbocycles. The second-order valence-corrected chi connectivity index (χ2v) is 6.67. The first-order valence-corrected chi connectivity index (χ1v) is 6.92. The standard InChI is InChI=1S/C15H27NO3/c1-11(12-7-8-12)9-10-18-15(5,6)16-13(17)19-14(2,3)4/h12H,1,7-10H2,2-6H3,(H,16,17). The van der Waals surface area contributed by atoms with E-state index in [1.165, 1.54) is 18.4 Å². The summed E-state index contributed by atoms with van der Waals surface area (Å²) >= 11 is 0. The maximum Gasteiger partial charge on any atom is 0.409 e. The van der Waals surface area contributed by atoms with Gasteiger partial charge in [0.25, 0.3) is 0 Å². The molecule has 1 aliphatic rings. The van der Waals surface area contributed by atoms with Gasteiger partial charge in [0.05, 0.1) is 6.61 Å². The van der Waals surface area contributed by atoms with Crippen LogP contribution in [0.1, 0.15) is 53.9 Å². The zero-order valence-electron chi connectivity index (χ0n) is 12.8. The van der Waals surface area contributed by atoms with Crippen molar-refractivity contribution in [1.29, 1.82) is 0 Å². The molecular formula is C15H27NO3. The van der Waals surface area contributed by atoms with Gasteiger partial charge < -0.3 is 9.47 Å². The highest BCUT2D eigenvalue weighted by Gasteiger charge is 2.27. The summed E-state index contributed by atoms with van der Waals surface area (Å²) in [6, 6.07) is 0. The normalized spacial score (nSPS) is 16.1. The van der Waals surface area contributed by atoms with Crippen LogP contribution in [0.2, 0.25) is 0 Å². The van der Waals surface area contributed by atoms with Gasteiger partial charge in [-0.2, -0.15) is 0 Å². The minimum Gasteiger partial charge on any atom is -0.444 e. The third-order valence-electron chi connectivity index (χ3n) is 2.84. The van der Waals surface area contributed by atoms with Crippen LogP contribution in [0.5, 0.6) is 0 Å². The molecule has 1 fully saturated rings. The fraction of sp³-hybridized carbons (Fsp3) is 0.800. The predicted octanol–water partition coefficient (Wildman–Crippen LogP) is 3.62. The van der Waals surface area contributed by atoms with Gasteiger partial charge in [-0.3, -0.25) is 5.32 Å². The van der Waals surface area contributed by atoms with Crippen LogP contribution in [-0.2, 0) is 9.47 Å². The van der Waals surface area contributed by atoms with Crippen molar-refractivity contribution in [2.75, 3.05) is 6.61 Å². The van der Waals surface area contributed by atoms with Crippen LogP contribution >= 0.6 is 0 Å². The smallest absolute Gasteiger partial charge is 0.409 e. The molecule has 110 valence electrons. The molecule has 0 atom stereocenters. The Hall–Kier alpha value is -1.03. The van der Waals surface area contributed by atoms with Gasteiger partial charge in [-0.15, -0.1) is 0 Å². The Balaban J connectivity index is 2.26. The van der Waals surface area contributed by atoms with Gasteiger partial charge >= 0.3 is 6.09 Å². The van der Waals surface area contributed by atoms with Crippen molar-refractivity contribution in [1.82, 2.24) is 5.32 Å². The molecule has 0 unspecified atom stereocenters. The monoisotopic (exact) mass is 269 g/mol. The fourth-order valence-corrected chi connectivity index (χ4v) is 1.72. The van der Waals surface area contributed by atoms with Crippen LogP contribution in [0.3, 0.4) is 0 Å². The Labute approximate surface area is 116 Å². The Morgan fingerprint density at radius 2 is 1.84 bits per heavy atom. The first kappa shape index (κ1) is 16.0. The maximum absolute atomic E-state index is 11.7. The molecule has 19 heavy (non-hydrogen) atoms. The number of nitrogens with one attached hydrogen (secondary N) is 1. The summed E-state index contributed by atoms with van der Waals surface area (Å²) in [7, 11) is 0. The molecule has 0 aliphatic heterocycles. The first-order chi connectivity index (χ1) is 8.59. The lowest BCUT2D eigenvalue weighted by Crippen LogP contribution is -2.47. The summed E-state index contributed by atoms with van der Waals surface area (Å²) in [5.41, 5.74) is 0.0279. The molecule has 0 bridgehead atoms. The summed E-state index contributed by atoms with van der Waals surface area (Å²) in [5.74, 6) is 0.700. The Morgan fingerprint density at radius 3 is 2.32 bits per heavy atom. The summed E-state index contributed by atoms with van der Waals surface area (Å²) < 4.78 is 10.9. The molecule has 4 nitrogen and oxygen atoms in total. The van der Waals surface area contributed by atoms with Gasteiger partial charge in [0.2, 0.25) is 0 Å².